The van der Waals surface area contributed by atoms with Crippen molar-refractivity contribution in [2.75, 3.05) is 12.8 Å². The molecule has 0 aliphatic carbocycles. The summed E-state index contributed by atoms with van der Waals surface area (Å²) < 4.78 is 24.8. The van der Waals surface area contributed by atoms with Gasteiger partial charge in [0.15, 0.2) is 0 Å². The standard InChI is InChI=1S/C10H14FNOS/c1-8(12-2)7-14(13)10-6-4-3-5-9(10)11/h3-6,8,12H,7H2,1-2H3. The first kappa shape index (κ1) is 11.3. The van der Waals surface area contributed by atoms with Gasteiger partial charge in [-0.3, -0.25) is 4.21 Å². The lowest BCUT2D eigenvalue weighted by Crippen LogP contribution is -2.27. The smallest absolute Gasteiger partial charge is 0.139 e. The Morgan fingerprint density at radius 1 is 1.50 bits per heavy atom. The summed E-state index contributed by atoms with van der Waals surface area (Å²) in [7, 11) is 0.532. The van der Waals surface area contributed by atoms with Gasteiger partial charge in [0.2, 0.25) is 0 Å². The lowest BCUT2D eigenvalue weighted by molar-refractivity contribution is 0.592. The first-order chi connectivity index (χ1) is 6.65. The quantitative estimate of drug-likeness (QED) is 0.825. The summed E-state index contributed by atoms with van der Waals surface area (Å²) in [5.74, 6) is 0.0337. The maximum Gasteiger partial charge on any atom is 0.139 e. The van der Waals surface area contributed by atoms with Gasteiger partial charge in [0.25, 0.3) is 0 Å². The monoisotopic (exact) mass is 215 g/mol. The Morgan fingerprint density at radius 3 is 2.71 bits per heavy atom. The van der Waals surface area contributed by atoms with Gasteiger partial charge in [0.05, 0.1) is 15.7 Å². The number of rotatable bonds is 4. The van der Waals surface area contributed by atoms with Crippen molar-refractivity contribution in [2.24, 2.45) is 0 Å². The molecule has 1 aromatic rings. The van der Waals surface area contributed by atoms with Crippen LogP contribution in [0.4, 0.5) is 4.39 Å². The van der Waals surface area contributed by atoms with E-state index in [1.807, 2.05) is 6.92 Å². The van der Waals surface area contributed by atoms with E-state index in [0.717, 1.165) is 0 Å². The van der Waals surface area contributed by atoms with Crippen LogP contribution in [0.5, 0.6) is 0 Å². The molecule has 0 aliphatic rings. The molecule has 0 amide bonds. The Kier molecular flexibility index (Phi) is 4.22. The second kappa shape index (κ2) is 5.22. The van der Waals surface area contributed by atoms with Gasteiger partial charge >= 0.3 is 0 Å². The maximum atomic E-state index is 13.2. The Hall–Kier alpha value is -0.740. The number of hydrogen-bond acceptors (Lipinski definition) is 2. The molecule has 1 rings (SSSR count). The van der Waals surface area contributed by atoms with Gasteiger partial charge in [-0.1, -0.05) is 12.1 Å². The van der Waals surface area contributed by atoms with Crippen LogP contribution in [0.25, 0.3) is 0 Å². The van der Waals surface area contributed by atoms with Crippen molar-refractivity contribution in [2.45, 2.75) is 17.9 Å². The molecular weight excluding hydrogens is 201 g/mol. The van der Waals surface area contributed by atoms with Crippen LogP contribution < -0.4 is 5.32 Å². The van der Waals surface area contributed by atoms with E-state index in [4.69, 9.17) is 0 Å². The molecule has 1 N–H and O–H groups in total. The molecule has 0 aromatic heterocycles. The zero-order valence-electron chi connectivity index (χ0n) is 8.29. The fourth-order valence-corrected chi connectivity index (χ4v) is 2.35. The second-order valence-electron chi connectivity index (χ2n) is 3.13. The molecule has 2 atom stereocenters. The Labute approximate surface area is 86.0 Å². The van der Waals surface area contributed by atoms with Gasteiger partial charge < -0.3 is 5.32 Å². The summed E-state index contributed by atoms with van der Waals surface area (Å²) >= 11 is 0. The molecule has 78 valence electrons. The SMILES string of the molecule is CNC(C)CS(=O)c1ccccc1F. The van der Waals surface area contributed by atoms with Gasteiger partial charge in [-0.15, -0.1) is 0 Å². The minimum Gasteiger partial charge on any atom is -0.316 e. The topological polar surface area (TPSA) is 29.1 Å². The highest BCUT2D eigenvalue weighted by atomic mass is 32.2. The van der Waals surface area contributed by atoms with Crippen molar-refractivity contribution in [1.29, 1.82) is 0 Å². The first-order valence-electron chi connectivity index (χ1n) is 4.45. The van der Waals surface area contributed by atoms with Crippen LogP contribution in [0.2, 0.25) is 0 Å². The molecule has 0 fully saturated rings. The lowest BCUT2D eigenvalue weighted by atomic mass is 10.3. The van der Waals surface area contributed by atoms with E-state index in [1.54, 1.807) is 25.2 Å². The highest BCUT2D eigenvalue weighted by Crippen LogP contribution is 2.12. The fraction of sp³-hybridized carbons (Fsp3) is 0.400. The summed E-state index contributed by atoms with van der Waals surface area (Å²) in [5.41, 5.74) is 0. The minimum atomic E-state index is -1.26. The molecule has 0 bridgehead atoms. The predicted octanol–water partition coefficient (Wildman–Crippen LogP) is 1.54. The molecule has 0 heterocycles. The first-order valence-corrected chi connectivity index (χ1v) is 5.77. The van der Waals surface area contributed by atoms with E-state index >= 15 is 0 Å². The lowest BCUT2D eigenvalue weighted by Gasteiger charge is -2.09. The van der Waals surface area contributed by atoms with Crippen molar-refractivity contribution < 1.29 is 8.60 Å². The predicted molar refractivity (Wildman–Crippen MR) is 56.2 cm³/mol. The third-order valence-corrected chi connectivity index (χ3v) is 3.60. The largest absolute Gasteiger partial charge is 0.316 e. The van der Waals surface area contributed by atoms with Crippen LogP contribution in [0, 0.1) is 5.82 Å². The fourth-order valence-electron chi connectivity index (χ4n) is 1.03. The van der Waals surface area contributed by atoms with Crippen molar-refractivity contribution >= 4 is 10.8 Å². The zero-order chi connectivity index (χ0) is 10.6. The molecule has 0 saturated heterocycles. The molecule has 2 nitrogen and oxygen atoms in total. The van der Waals surface area contributed by atoms with Gasteiger partial charge in [0.1, 0.15) is 5.82 Å². The molecule has 2 unspecified atom stereocenters. The van der Waals surface area contributed by atoms with E-state index in [-0.39, 0.29) is 10.9 Å². The maximum absolute atomic E-state index is 13.2. The average Bonchev–Trinajstić information content (AvgIpc) is 2.18. The van der Waals surface area contributed by atoms with Crippen LogP contribution in [0.1, 0.15) is 6.92 Å². The van der Waals surface area contributed by atoms with Gasteiger partial charge in [-0.25, -0.2) is 4.39 Å². The van der Waals surface area contributed by atoms with Gasteiger partial charge in [-0.05, 0) is 26.1 Å². The van der Waals surface area contributed by atoms with Gasteiger partial charge in [0, 0.05) is 11.8 Å². The molecular formula is C10H14FNOS. The number of halogens is 1. The Bertz CT molecular complexity index is 330. The van der Waals surface area contributed by atoms with E-state index in [0.29, 0.717) is 5.75 Å². The zero-order valence-corrected chi connectivity index (χ0v) is 9.10. The molecule has 0 aliphatic heterocycles. The summed E-state index contributed by atoms with van der Waals surface area (Å²) in [5, 5.41) is 2.97. The van der Waals surface area contributed by atoms with E-state index < -0.39 is 16.6 Å². The van der Waals surface area contributed by atoms with E-state index in [9.17, 15) is 8.60 Å². The van der Waals surface area contributed by atoms with Gasteiger partial charge in [-0.2, -0.15) is 0 Å². The molecule has 0 radical (unpaired) electrons. The minimum absolute atomic E-state index is 0.121. The van der Waals surface area contributed by atoms with Crippen LogP contribution in [0.3, 0.4) is 0 Å². The van der Waals surface area contributed by atoms with Crippen molar-refractivity contribution in [3.63, 3.8) is 0 Å². The van der Waals surface area contributed by atoms with Crippen LogP contribution in [-0.2, 0) is 10.8 Å². The molecule has 1 aromatic carbocycles. The summed E-state index contributed by atoms with van der Waals surface area (Å²) in [6.07, 6.45) is 0. The number of nitrogens with one attached hydrogen (secondary N) is 1. The summed E-state index contributed by atoms with van der Waals surface area (Å²) in [6.45, 7) is 1.92. The van der Waals surface area contributed by atoms with Crippen molar-refractivity contribution in [1.82, 2.24) is 5.32 Å². The van der Waals surface area contributed by atoms with E-state index in [1.165, 1.54) is 6.07 Å². The summed E-state index contributed by atoms with van der Waals surface area (Å²) in [4.78, 5) is 0.287. The normalized spacial score (nSPS) is 15.1. The van der Waals surface area contributed by atoms with Crippen molar-refractivity contribution in [3.8, 4) is 0 Å². The van der Waals surface area contributed by atoms with Crippen molar-refractivity contribution in [3.05, 3.63) is 30.1 Å². The Balaban J connectivity index is 2.75. The Morgan fingerprint density at radius 2 is 2.14 bits per heavy atom. The number of hydrogen-bond donors (Lipinski definition) is 1. The third kappa shape index (κ3) is 2.89. The number of benzene rings is 1. The third-order valence-electron chi connectivity index (χ3n) is 1.98. The highest BCUT2D eigenvalue weighted by Gasteiger charge is 2.11. The molecule has 0 saturated carbocycles. The molecule has 0 spiro atoms. The van der Waals surface area contributed by atoms with Crippen LogP contribution in [-0.4, -0.2) is 23.1 Å². The molecule has 4 heteroatoms. The average molecular weight is 215 g/mol. The van der Waals surface area contributed by atoms with E-state index in [2.05, 4.69) is 5.32 Å². The highest BCUT2D eigenvalue weighted by molar-refractivity contribution is 7.85. The second-order valence-corrected chi connectivity index (χ2v) is 4.60. The van der Waals surface area contributed by atoms with Crippen LogP contribution in [0.15, 0.2) is 29.2 Å². The van der Waals surface area contributed by atoms with Crippen LogP contribution >= 0.6 is 0 Å². The molecule has 14 heavy (non-hydrogen) atoms. The summed E-state index contributed by atoms with van der Waals surface area (Å²) in [6, 6.07) is 6.30.